The number of nitro benzene ring substituents is 2. The fourth-order valence-electron chi connectivity index (χ4n) is 6.15. The number of rotatable bonds is 8. The van der Waals surface area contributed by atoms with E-state index in [4.69, 9.17) is 4.74 Å². The Kier molecular flexibility index (Phi) is 8.69. The first-order valence-corrected chi connectivity index (χ1v) is 16.2. The van der Waals surface area contributed by atoms with Crippen LogP contribution in [0.2, 0.25) is 0 Å². The van der Waals surface area contributed by atoms with Crippen LogP contribution in [0.25, 0.3) is 22.9 Å². The van der Waals surface area contributed by atoms with Crippen molar-refractivity contribution in [3.8, 4) is 16.8 Å². The highest BCUT2D eigenvalue weighted by atomic mass is 32.1. The smallest absolute Gasteiger partial charge is 0.338 e. The number of non-ortho nitro benzene ring substituents is 1. The van der Waals surface area contributed by atoms with Gasteiger partial charge in [0.05, 0.1) is 38.3 Å². The number of allylic oxidation sites excluding steroid dienone is 1. The minimum Gasteiger partial charge on any atom is -0.463 e. The van der Waals surface area contributed by atoms with Gasteiger partial charge in [0.15, 0.2) is 4.80 Å². The topological polar surface area (TPSA) is 152 Å². The van der Waals surface area contributed by atoms with Crippen LogP contribution in [0.4, 0.5) is 11.4 Å². The fraction of sp³-hybridized carbons (Fsp3) is 0.194. The van der Waals surface area contributed by atoms with Gasteiger partial charge in [-0.25, -0.2) is 9.79 Å². The van der Waals surface area contributed by atoms with Gasteiger partial charge in [-0.2, -0.15) is 0 Å². The lowest BCUT2D eigenvalue weighted by atomic mass is 9.94. The Balaban J connectivity index is 1.43. The number of aromatic nitrogens is 2. The van der Waals surface area contributed by atoms with Gasteiger partial charge in [-0.3, -0.25) is 29.6 Å². The molecule has 3 heterocycles. The summed E-state index contributed by atoms with van der Waals surface area (Å²) in [5.74, 6) is -0.644. The van der Waals surface area contributed by atoms with E-state index >= 15 is 0 Å². The molecule has 0 saturated carbocycles. The van der Waals surface area contributed by atoms with Crippen molar-refractivity contribution < 1.29 is 19.4 Å². The summed E-state index contributed by atoms with van der Waals surface area (Å²) in [6, 6.07) is 19.9. The molecule has 1 aliphatic heterocycles. The van der Waals surface area contributed by atoms with Gasteiger partial charge in [0.25, 0.3) is 16.9 Å². The molecule has 0 N–H and O–H groups in total. The monoisotopic (exact) mass is 677 g/mol. The van der Waals surface area contributed by atoms with Crippen molar-refractivity contribution in [2.24, 2.45) is 4.99 Å². The quantitative estimate of drug-likeness (QED) is 0.111. The van der Waals surface area contributed by atoms with Crippen LogP contribution in [0.3, 0.4) is 0 Å². The number of thiazole rings is 1. The first-order valence-electron chi connectivity index (χ1n) is 15.4. The first-order chi connectivity index (χ1) is 23.4. The Morgan fingerprint density at radius 3 is 2.20 bits per heavy atom. The van der Waals surface area contributed by atoms with Crippen LogP contribution >= 0.6 is 11.3 Å². The molecule has 6 rings (SSSR count). The molecule has 2 aromatic heterocycles. The van der Waals surface area contributed by atoms with Crippen molar-refractivity contribution in [1.29, 1.82) is 0 Å². The number of hydrogen-bond acceptors (Lipinski definition) is 9. The summed E-state index contributed by atoms with van der Waals surface area (Å²) in [5.41, 5.74) is 6.20. The standard InChI is InChI=1S/C36H31N5O7S/c1-6-48-35(43)32-22(4)37-36-39(33(32)26-8-7-20(2)30(18-26)41(46)47)34(42)31(49-36)19-27-17-21(3)38(23(27)5)28-13-9-24(10-14-28)25-11-15-29(16-12-25)40(44)45/h7-19,33H,6H2,1-5H3. The second-order valence-corrected chi connectivity index (χ2v) is 12.6. The molecule has 1 atom stereocenters. The number of benzene rings is 3. The number of hydrogen-bond donors (Lipinski definition) is 0. The van der Waals surface area contributed by atoms with Crippen molar-refractivity contribution in [2.75, 3.05) is 6.61 Å². The minimum absolute atomic E-state index is 0.0307. The SMILES string of the molecule is CCOC(=O)C1=C(C)N=c2sc(=Cc3cc(C)n(-c4ccc(-c5ccc([N+](=O)[O-])cc5)cc4)c3C)c(=O)n2C1c1ccc(C)c([N+](=O)[O-])c1. The Morgan fingerprint density at radius 1 is 0.939 bits per heavy atom. The molecule has 1 aliphatic rings. The summed E-state index contributed by atoms with van der Waals surface area (Å²) < 4.78 is 9.22. The van der Waals surface area contributed by atoms with Crippen LogP contribution in [0.15, 0.2) is 93.9 Å². The van der Waals surface area contributed by atoms with E-state index < -0.39 is 21.9 Å². The van der Waals surface area contributed by atoms with E-state index in [0.29, 0.717) is 26.2 Å². The summed E-state index contributed by atoms with van der Waals surface area (Å²) in [5, 5.41) is 22.9. The van der Waals surface area contributed by atoms with E-state index in [1.165, 1.54) is 34.1 Å². The average molecular weight is 678 g/mol. The van der Waals surface area contributed by atoms with Crippen molar-refractivity contribution in [1.82, 2.24) is 9.13 Å². The summed E-state index contributed by atoms with van der Waals surface area (Å²) in [4.78, 5) is 54.3. The van der Waals surface area contributed by atoms with E-state index in [9.17, 15) is 29.8 Å². The minimum atomic E-state index is -0.974. The van der Waals surface area contributed by atoms with E-state index in [-0.39, 0.29) is 29.1 Å². The van der Waals surface area contributed by atoms with Gasteiger partial charge < -0.3 is 9.30 Å². The van der Waals surface area contributed by atoms with Crippen molar-refractivity contribution in [3.63, 3.8) is 0 Å². The van der Waals surface area contributed by atoms with Crippen LogP contribution < -0.4 is 14.9 Å². The zero-order chi connectivity index (χ0) is 35.1. The molecular formula is C36H31N5O7S. The highest BCUT2D eigenvalue weighted by Crippen LogP contribution is 2.33. The van der Waals surface area contributed by atoms with Crippen LogP contribution in [-0.2, 0) is 9.53 Å². The Bertz CT molecular complexity index is 2380. The molecule has 0 fully saturated rings. The first kappa shape index (κ1) is 33.0. The maximum absolute atomic E-state index is 14.2. The second kappa shape index (κ2) is 12.9. The van der Waals surface area contributed by atoms with Crippen LogP contribution in [0, 0.1) is 41.0 Å². The van der Waals surface area contributed by atoms with Crippen molar-refractivity contribution in [3.05, 3.63) is 152 Å². The summed E-state index contributed by atoms with van der Waals surface area (Å²) in [6.45, 7) is 9.01. The van der Waals surface area contributed by atoms with Crippen LogP contribution in [0.1, 0.15) is 48.0 Å². The molecule has 248 valence electrons. The number of carbonyl (C=O) groups excluding carboxylic acids is 1. The molecule has 0 radical (unpaired) electrons. The third-order valence-electron chi connectivity index (χ3n) is 8.56. The fourth-order valence-corrected chi connectivity index (χ4v) is 7.19. The largest absolute Gasteiger partial charge is 0.463 e. The predicted octanol–water partition coefficient (Wildman–Crippen LogP) is 6.00. The Labute approximate surface area is 283 Å². The third kappa shape index (κ3) is 6.00. The third-order valence-corrected chi connectivity index (χ3v) is 9.54. The molecule has 0 spiro atoms. The molecule has 0 saturated heterocycles. The molecule has 13 heteroatoms. The van der Waals surface area contributed by atoms with Crippen molar-refractivity contribution >= 4 is 34.8 Å². The highest BCUT2D eigenvalue weighted by Gasteiger charge is 2.34. The molecule has 3 aromatic carbocycles. The van der Waals surface area contributed by atoms with Gasteiger partial charge in [-0.15, -0.1) is 0 Å². The van der Waals surface area contributed by atoms with Crippen LogP contribution in [0.5, 0.6) is 0 Å². The van der Waals surface area contributed by atoms with Gasteiger partial charge in [-0.05, 0) is 93.3 Å². The maximum atomic E-state index is 14.2. The lowest BCUT2D eigenvalue weighted by Crippen LogP contribution is -2.40. The van der Waals surface area contributed by atoms with Crippen LogP contribution in [-0.4, -0.2) is 31.6 Å². The zero-order valence-corrected chi connectivity index (χ0v) is 28.1. The molecule has 1 unspecified atom stereocenters. The van der Waals surface area contributed by atoms with Gasteiger partial charge in [0.2, 0.25) is 0 Å². The summed E-state index contributed by atoms with van der Waals surface area (Å²) >= 11 is 1.18. The Morgan fingerprint density at radius 2 is 1.59 bits per heavy atom. The van der Waals surface area contributed by atoms with Gasteiger partial charge >= 0.3 is 5.97 Å². The second-order valence-electron chi connectivity index (χ2n) is 11.6. The Hall–Kier alpha value is -5.95. The lowest BCUT2D eigenvalue weighted by molar-refractivity contribution is -0.385. The molecule has 49 heavy (non-hydrogen) atoms. The highest BCUT2D eigenvalue weighted by molar-refractivity contribution is 7.07. The number of ether oxygens (including phenoxy) is 1. The number of esters is 1. The molecule has 0 amide bonds. The number of fused-ring (bicyclic) bond motifs is 1. The van der Waals surface area contributed by atoms with Gasteiger partial charge in [0.1, 0.15) is 0 Å². The number of nitro groups is 2. The van der Waals surface area contributed by atoms with E-state index in [1.807, 2.05) is 44.2 Å². The molecule has 0 aliphatic carbocycles. The van der Waals surface area contributed by atoms with E-state index in [2.05, 4.69) is 9.56 Å². The van der Waals surface area contributed by atoms with Gasteiger partial charge in [-0.1, -0.05) is 35.6 Å². The molecule has 5 aromatic rings. The number of carbonyl (C=O) groups is 1. The van der Waals surface area contributed by atoms with E-state index in [1.54, 1.807) is 51.1 Å². The number of nitrogens with zero attached hydrogens (tertiary/aromatic N) is 5. The lowest BCUT2D eigenvalue weighted by Gasteiger charge is -2.24. The molecular weight excluding hydrogens is 646 g/mol. The summed E-state index contributed by atoms with van der Waals surface area (Å²) in [6.07, 6.45) is 1.80. The zero-order valence-electron chi connectivity index (χ0n) is 27.3. The normalized spacial score (nSPS) is 14.4. The average Bonchev–Trinajstić information content (AvgIpc) is 3.53. The molecule has 12 nitrogen and oxygen atoms in total. The molecule has 0 bridgehead atoms. The predicted molar refractivity (Wildman–Crippen MR) is 186 cm³/mol. The van der Waals surface area contributed by atoms with E-state index in [0.717, 1.165) is 33.8 Å². The maximum Gasteiger partial charge on any atom is 0.338 e. The van der Waals surface area contributed by atoms with Crippen molar-refractivity contribution in [2.45, 2.75) is 40.7 Å². The number of aryl methyl sites for hydroxylation is 2. The van der Waals surface area contributed by atoms with Gasteiger partial charge in [0, 0.05) is 40.8 Å². The summed E-state index contributed by atoms with van der Waals surface area (Å²) in [7, 11) is 0.